The molecule has 0 atom stereocenters. The molecule has 0 bridgehead atoms. The molecule has 31 heavy (non-hydrogen) atoms. The number of primary amides is 1. The minimum Gasteiger partial charge on any atom is -0.427 e. The summed E-state index contributed by atoms with van der Waals surface area (Å²) in [6, 6.07) is 9.61. The molecule has 4 rings (SSSR count). The number of carbonyl (C=O) groups is 2. The van der Waals surface area contributed by atoms with E-state index in [1.54, 1.807) is 6.07 Å². The van der Waals surface area contributed by atoms with Crippen LogP contribution in [0.4, 0.5) is 0 Å². The Hall–Kier alpha value is -3.45. The highest BCUT2D eigenvalue weighted by atomic mass is 16.5. The number of hydrogen-bond acceptors (Lipinski definition) is 5. The highest BCUT2D eigenvalue weighted by Gasteiger charge is 2.19. The van der Waals surface area contributed by atoms with E-state index in [1.807, 2.05) is 39.3 Å². The van der Waals surface area contributed by atoms with Gasteiger partial charge in [-0.05, 0) is 62.3 Å². The summed E-state index contributed by atoms with van der Waals surface area (Å²) in [5.41, 5.74) is 9.96. The molecule has 7 heteroatoms. The van der Waals surface area contributed by atoms with E-state index < -0.39 is 5.91 Å². The lowest BCUT2D eigenvalue weighted by Gasteiger charge is -2.13. The van der Waals surface area contributed by atoms with E-state index in [0.29, 0.717) is 5.75 Å². The number of pyridine rings is 1. The van der Waals surface area contributed by atoms with Crippen LogP contribution in [-0.4, -0.2) is 47.0 Å². The minimum absolute atomic E-state index is 0.282. The molecule has 2 N–H and O–H groups in total. The lowest BCUT2D eigenvalue weighted by molar-refractivity contribution is -0.131. The second kappa shape index (κ2) is 7.67. The van der Waals surface area contributed by atoms with Gasteiger partial charge in [-0.1, -0.05) is 0 Å². The molecule has 2 aromatic heterocycles. The fraction of sp³-hybridized carbons (Fsp3) is 0.292. The summed E-state index contributed by atoms with van der Waals surface area (Å²) in [5.74, 6) is -0.430. The summed E-state index contributed by atoms with van der Waals surface area (Å²) < 4.78 is 7.41. The first-order valence-corrected chi connectivity index (χ1v) is 10.2. The van der Waals surface area contributed by atoms with Crippen LogP contribution < -0.4 is 10.5 Å². The molecule has 0 saturated heterocycles. The molecular formula is C24H26N4O3. The smallest absolute Gasteiger partial charge is 0.308 e. The third kappa shape index (κ3) is 3.61. The molecule has 0 aliphatic rings. The Kier molecular flexibility index (Phi) is 5.15. The van der Waals surface area contributed by atoms with Gasteiger partial charge in [-0.2, -0.15) is 0 Å². The maximum absolute atomic E-state index is 12.3. The lowest BCUT2D eigenvalue weighted by Crippen LogP contribution is -2.18. The topological polar surface area (TPSA) is 90.4 Å². The SMILES string of the molecule is CC(=O)Oc1ccc2c(c1)c1cc3c(C(N)=O)nc(CCN(C)C)cc3c(C)c1n2C. The Balaban J connectivity index is 2.05. The van der Waals surface area contributed by atoms with Gasteiger partial charge in [0.2, 0.25) is 0 Å². The average molecular weight is 418 g/mol. The maximum atomic E-state index is 12.3. The van der Waals surface area contributed by atoms with E-state index in [1.165, 1.54) is 6.92 Å². The first kappa shape index (κ1) is 20.8. The van der Waals surface area contributed by atoms with E-state index in [0.717, 1.165) is 56.8 Å². The molecule has 2 heterocycles. The van der Waals surface area contributed by atoms with Crippen molar-refractivity contribution in [2.75, 3.05) is 20.6 Å². The van der Waals surface area contributed by atoms with Crippen molar-refractivity contribution in [1.29, 1.82) is 0 Å². The van der Waals surface area contributed by atoms with Gasteiger partial charge in [-0.3, -0.25) is 9.59 Å². The summed E-state index contributed by atoms with van der Waals surface area (Å²) in [6.45, 7) is 4.26. The predicted octanol–water partition coefficient (Wildman–Crippen LogP) is 3.32. The molecular weight excluding hydrogens is 392 g/mol. The quantitative estimate of drug-likeness (QED) is 0.397. The van der Waals surface area contributed by atoms with E-state index in [-0.39, 0.29) is 11.7 Å². The van der Waals surface area contributed by atoms with Gasteiger partial charge in [0, 0.05) is 54.3 Å². The van der Waals surface area contributed by atoms with Gasteiger partial charge in [0.1, 0.15) is 11.4 Å². The fourth-order valence-electron chi connectivity index (χ4n) is 4.27. The second-order valence-electron chi connectivity index (χ2n) is 8.20. The first-order chi connectivity index (χ1) is 14.7. The average Bonchev–Trinajstić information content (AvgIpc) is 2.97. The number of hydrogen-bond donors (Lipinski definition) is 1. The molecule has 0 fully saturated rings. The Morgan fingerprint density at radius 3 is 2.48 bits per heavy atom. The van der Waals surface area contributed by atoms with Gasteiger partial charge in [-0.25, -0.2) is 4.98 Å². The first-order valence-electron chi connectivity index (χ1n) is 10.2. The molecule has 0 radical (unpaired) electrons. The second-order valence-corrected chi connectivity index (χ2v) is 8.20. The van der Waals surface area contributed by atoms with Gasteiger partial charge < -0.3 is 19.9 Å². The van der Waals surface area contributed by atoms with Crippen molar-refractivity contribution in [2.45, 2.75) is 20.3 Å². The molecule has 1 amide bonds. The van der Waals surface area contributed by atoms with Crippen LogP contribution >= 0.6 is 0 Å². The lowest BCUT2D eigenvalue weighted by atomic mass is 9.98. The van der Waals surface area contributed by atoms with Gasteiger partial charge in [0.25, 0.3) is 5.91 Å². The number of rotatable bonds is 5. The molecule has 0 spiro atoms. The molecule has 0 saturated carbocycles. The molecule has 2 aromatic carbocycles. The number of nitrogens with zero attached hydrogens (tertiary/aromatic N) is 3. The van der Waals surface area contributed by atoms with Crippen LogP contribution in [0.1, 0.15) is 28.7 Å². The molecule has 160 valence electrons. The summed E-state index contributed by atoms with van der Waals surface area (Å²) in [5, 5.41) is 3.60. The van der Waals surface area contributed by atoms with E-state index >= 15 is 0 Å². The van der Waals surface area contributed by atoms with Gasteiger partial charge in [-0.15, -0.1) is 0 Å². The molecule has 0 aliphatic carbocycles. The van der Waals surface area contributed by atoms with E-state index in [2.05, 4.69) is 27.4 Å². The zero-order chi connectivity index (χ0) is 22.4. The predicted molar refractivity (Wildman–Crippen MR) is 123 cm³/mol. The van der Waals surface area contributed by atoms with Crippen molar-refractivity contribution < 1.29 is 14.3 Å². The number of nitrogens with two attached hydrogens (primary N) is 1. The van der Waals surface area contributed by atoms with E-state index in [4.69, 9.17) is 10.5 Å². The Labute approximate surface area is 180 Å². The number of benzene rings is 2. The van der Waals surface area contributed by atoms with Crippen LogP contribution in [0.25, 0.3) is 32.6 Å². The van der Waals surface area contributed by atoms with Crippen LogP contribution in [0.3, 0.4) is 0 Å². The summed E-state index contributed by atoms with van der Waals surface area (Å²) >= 11 is 0. The molecule has 7 nitrogen and oxygen atoms in total. The normalized spacial score (nSPS) is 11.7. The van der Waals surface area contributed by atoms with Crippen molar-refractivity contribution >= 4 is 44.5 Å². The maximum Gasteiger partial charge on any atom is 0.308 e. The van der Waals surface area contributed by atoms with Crippen LogP contribution in [-0.2, 0) is 18.3 Å². The monoisotopic (exact) mass is 418 g/mol. The number of ether oxygens (including phenoxy) is 1. The Morgan fingerprint density at radius 1 is 1.10 bits per heavy atom. The molecule has 0 aliphatic heterocycles. The third-order valence-corrected chi connectivity index (χ3v) is 5.68. The summed E-state index contributed by atoms with van der Waals surface area (Å²) in [6.07, 6.45) is 0.724. The van der Waals surface area contributed by atoms with Crippen molar-refractivity contribution in [3.63, 3.8) is 0 Å². The Bertz CT molecular complexity index is 1370. The number of amides is 1. The number of likely N-dealkylation sites (N-methyl/N-ethyl adjacent to an activating group) is 1. The largest absolute Gasteiger partial charge is 0.427 e. The highest BCUT2D eigenvalue weighted by molar-refractivity contribution is 6.17. The number of fused-ring (bicyclic) bond motifs is 4. The Morgan fingerprint density at radius 2 is 1.84 bits per heavy atom. The standard InChI is InChI=1S/C24H26N4O3/c1-13-17-10-15(8-9-27(3)4)26-22(24(25)30)19(17)12-20-18-11-16(31-14(2)29)6-7-21(18)28(5)23(13)20/h6-7,10-12H,8-9H2,1-5H3,(H2,25,30). The summed E-state index contributed by atoms with van der Waals surface area (Å²) in [7, 11) is 6.02. The fourth-order valence-corrected chi connectivity index (χ4v) is 4.27. The number of carbonyl (C=O) groups excluding carboxylic acids is 2. The van der Waals surface area contributed by atoms with Crippen molar-refractivity contribution in [2.24, 2.45) is 12.8 Å². The van der Waals surface area contributed by atoms with Gasteiger partial charge >= 0.3 is 5.97 Å². The zero-order valence-corrected chi connectivity index (χ0v) is 18.4. The van der Waals surface area contributed by atoms with Crippen molar-refractivity contribution in [3.05, 3.63) is 47.3 Å². The van der Waals surface area contributed by atoms with Gasteiger partial charge in [0.15, 0.2) is 0 Å². The number of aromatic nitrogens is 2. The number of aryl methyl sites for hydroxylation is 2. The van der Waals surface area contributed by atoms with Crippen LogP contribution in [0.5, 0.6) is 5.75 Å². The van der Waals surface area contributed by atoms with Crippen molar-refractivity contribution in [1.82, 2.24) is 14.5 Å². The molecule has 4 aromatic rings. The van der Waals surface area contributed by atoms with Crippen LogP contribution in [0, 0.1) is 6.92 Å². The third-order valence-electron chi connectivity index (χ3n) is 5.68. The minimum atomic E-state index is -0.545. The van der Waals surface area contributed by atoms with Crippen LogP contribution in [0.15, 0.2) is 30.3 Å². The number of esters is 1. The van der Waals surface area contributed by atoms with Crippen molar-refractivity contribution in [3.8, 4) is 5.75 Å². The van der Waals surface area contributed by atoms with Crippen LogP contribution in [0.2, 0.25) is 0 Å². The van der Waals surface area contributed by atoms with E-state index in [9.17, 15) is 9.59 Å². The summed E-state index contributed by atoms with van der Waals surface area (Å²) in [4.78, 5) is 30.4. The van der Waals surface area contributed by atoms with Gasteiger partial charge in [0.05, 0.1) is 5.52 Å². The highest BCUT2D eigenvalue weighted by Crippen LogP contribution is 2.37. The zero-order valence-electron chi connectivity index (χ0n) is 18.4. The molecule has 0 unspecified atom stereocenters.